The summed E-state index contributed by atoms with van der Waals surface area (Å²) in [6.45, 7) is 14.9. The van der Waals surface area contributed by atoms with Crippen LogP contribution in [0.1, 0.15) is 67.2 Å². The molecule has 0 spiro atoms. The van der Waals surface area contributed by atoms with Crippen LogP contribution in [-0.2, 0) is 0 Å². The lowest BCUT2D eigenvalue weighted by atomic mass is 9.88. The summed E-state index contributed by atoms with van der Waals surface area (Å²) in [5.74, 6) is 1.78. The highest BCUT2D eigenvalue weighted by Crippen LogP contribution is 2.21. The Hall–Kier alpha value is -0.0400. The van der Waals surface area contributed by atoms with E-state index in [9.17, 15) is 0 Å². The summed E-state index contributed by atoms with van der Waals surface area (Å²) in [7, 11) is 0. The van der Waals surface area contributed by atoms with Gasteiger partial charge in [-0.05, 0) is 45.6 Å². The first-order chi connectivity index (χ1) is 6.92. The molecule has 0 saturated carbocycles. The van der Waals surface area contributed by atoms with Gasteiger partial charge < -0.3 is 5.32 Å². The molecule has 0 radical (unpaired) electrons. The first-order valence-corrected chi connectivity index (χ1v) is 6.67. The van der Waals surface area contributed by atoms with Gasteiger partial charge in [-0.25, -0.2) is 0 Å². The minimum Gasteiger partial charge on any atom is -0.312 e. The predicted molar refractivity (Wildman–Crippen MR) is 70.2 cm³/mol. The van der Waals surface area contributed by atoms with Gasteiger partial charge in [0.15, 0.2) is 0 Å². The number of hydrogen-bond donors (Lipinski definition) is 1. The molecular formula is C14H31N. The molecule has 0 rings (SSSR count). The first kappa shape index (κ1) is 15.0. The summed E-state index contributed by atoms with van der Waals surface area (Å²) >= 11 is 0. The van der Waals surface area contributed by atoms with E-state index in [0.29, 0.717) is 0 Å². The topological polar surface area (TPSA) is 12.0 Å². The van der Waals surface area contributed by atoms with Crippen molar-refractivity contribution in [2.24, 2.45) is 11.8 Å². The normalized spacial score (nSPS) is 14.6. The van der Waals surface area contributed by atoms with Crippen LogP contribution in [0.4, 0.5) is 0 Å². The van der Waals surface area contributed by atoms with Gasteiger partial charge >= 0.3 is 0 Å². The second kappa shape index (κ2) is 7.27. The van der Waals surface area contributed by atoms with Crippen LogP contribution >= 0.6 is 0 Å². The third kappa shape index (κ3) is 7.84. The van der Waals surface area contributed by atoms with Crippen molar-refractivity contribution in [2.45, 2.75) is 72.8 Å². The Bertz CT molecular complexity index is 142. The molecule has 0 aromatic carbocycles. The molecule has 0 aromatic heterocycles. The summed E-state index contributed by atoms with van der Waals surface area (Å²) in [6, 6.07) is 0. The fourth-order valence-electron chi connectivity index (χ4n) is 1.94. The van der Waals surface area contributed by atoms with Crippen LogP contribution in [0.15, 0.2) is 0 Å². The molecule has 0 aromatic rings. The van der Waals surface area contributed by atoms with E-state index in [1.807, 2.05) is 0 Å². The Morgan fingerprint density at radius 1 is 0.867 bits per heavy atom. The van der Waals surface area contributed by atoms with Gasteiger partial charge in [0.1, 0.15) is 0 Å². The monoisotopic (exact) mass is 213 g/mol. The van der Waals surface area contributed by atoms with Crippen molar-refractivity contribution in [3.05, 3.63) is 0 Å². The zero-order valence-electron chi connectivity index (χ0n) is 11.7. The average molecular weight is 213 g/mol. The lowest BCUT2D eigenvalue weighted by Crippen LogP contribution is -2.39. The molecule has 0 aliphatic rings. The molecular weight excluding hydrogens is 182 g/mol. The predicted octanol–water partition coefficient (Wildman–Crippen LogP) is 4.23. The maximum absolute atomic E-state index is 3.63. The second-order valence-electron chi connectivity index (χ2n) is 5.82. The smallest absolute Gasteiger partial charge is 0.00966 e. The Kier molecular flexibility index (Phi) is 7.25. The summed E-state index contributed by atoms with van der Waals surface area (Å²) in [4.78, 5) is 0. The number of hydrogen-bond acceptors (Lipinski definition) is 1. The molecule has 0 saturated heterocycles. The lowest BCUT2D eigenvalue weighted by Gasteiger charge is -2.26. The molecule has 0 aliphatic heterocycles. The SMILES string of the molecule is CCC(CC)CC(CC)CNC(C)(C)C. The van der Waals surface area contributed by atoms with Crippen molar-refractivity contribution >= 4 is 0 Å². The van der Waals surface area contributed by atoms with E-state index in [4.69, 9.17) is 0 Å². The zero-order chi connectivity index (χ0) is 11.9. The van der Waals surface area contributed by atoms with E-state index in [-0.39, 0.29) is 5.54 Å². The van der Waals surface area contributed by atoms with E-state index >= 15 is 0 Å². The summed E-state index contributed by atoms with van der Waals surface area (Å²) in [6.07, 6.45) is 5.37. The van der Waals surface area contributed by atoms with E-state index < -0.39 is 0 Å². The number of rotatable bonds is 7. The fraction of sp³-hybridized carbons (Fsp3) is 1.00. The minimum absolute atomic E-state index is 0.265. The second-order valence-corrected chi connectivity index (χ2v) is 5.82. The molecule has 1 N–H and O–H groups in total. The van der Waals surface area contributed by atoms with Crippen molar-refractivity contribution in [3.63, 3.8) is 0 Å². The standard InChI is InChI=1S/C14H31N/c1-7-12(8-2)10-13(9-3)11-15-14(4,5)6/h12-13,15H,7-11H2,1-6H3. The Morgan fingerprint density at radius 3 is 1.67 bits per heavy atom. The molecule has 15 heavy (non-hydrogen) atoms. The van der Waals surface area contributed by atoms with Crippen LogP contribution in [0.3, 0.4) is 0 Å². The van der Waals surface area contributed by atoms with Gasteiger partial charge in [-0.1, -0.05) is 40.0 Å². The zero-order valence-corrected chi connectivity index (χ0v) is 11.7. The fourth-order valence-corrected chi connectivity index (χ4v) is 1.94. The Morgan fingerprint density at radius 2 is 1.33 bits per heavy atom. The van der Waals surface area contributed by atoms with Gasteiger partial charge in [0.2, 0.25) is 0 Å². The van der Waals surface area contributed by atoms with Crippen LogP contribution in [0.25, 0.3) is 0 Å². The van der Waals surface area contributed by atoms with E-state index in [1.165, 1.54) is 32.2 Å². The van der Waals surface area contributed by atoms with Crippen molar-refractivity contribution in [1.82, 2.24) is 5.32 Å². The maximum atomic E-state index is 3.63. The molecule has 0 heterocycles. The summed E-state index contributed by atoms with van der Waals surface area (Å²) < 4.78 is 0. The molecule has 0 amide bonds. The van der Waals surface area contributed by atoms with Gasteiger partial charge in [-0.3, -0.25) is 0 Å². The van der Waals surface area contributed by atoms with Crippen LogP contribution in [0.5, 0.6) is 0 Å². The van der Waals surface area contributed by atoms with Crippen molar-refractivity contribution in [2.75, 3.05) is 6.54 Å². The third-order valence-electron chi connectivity index (χ3n) is 3.32. The van der Waals surface area contributed by atoms with Gasteiger partial charge in [-0.2, -0.15) is 0 Å². The van der Waals surface area contributed by atoms with Gasteiger partial charge in [-0.15, -0.1) is 0 Å². The van der Waals surface area contributed by atoms with Gasteiger partial charge in [0.25, 0.3) is 0 Å². The van der Waals surface area contributed by atoms with E-state index in [2.05, 4.69) is 46.9 Å². The molecule has 0 aliphatic carbocycles. The minimum atomic E-state index is 0.265. The Labute approximate surface area is 97.0 Å². The van der Waals surface area contributed by atoms with E-state index in [1.54, 1.807) is 0 Å². The van der Waals surface area contributed by atoms with Crippen LogP contribution in [0.2, 0.25) is 0 Å². The van der Waals surface area contributed by atoms with Crippen molar-refractivity contribution in [3.8, 4) is 0 Å². The van der Waals surface area contributed by atoms with Gasteiger partial charge in [0.05, 0.1) is 0 Å². The van der Waals surface area contributed by atoms with E-state index in [0.717, 1.165) is 11.8 Å². The summed E-state index contributed by atoms with van der Waals surface area (Å²) in [5, 5.41) is 3.63. The van der Waals surface area contributed by atoms with Crippen LogP contribution < -0.4 is 5.32 Å². The molecule has 0 bridgehead atoms. The quantitative estimate of drug-likeness (QED) is 0.667. The highest BCUT2D eigenvalue weighted by Gasteiger charge is 2.15. The molecule has 1 heteroatoms. The highest BCUT2D eigenvalue weighted by molar-refractivity contribution is 4.74. The first-order valence-electron chi connectivity index (χ1n) is 6.67. The van der Waals surface area contributed by atoms with Crippen LogP contribution in [-0.4, -0.2) is 12.1 Å². The molecule has 1 unspecified atom stereocenters. The molecule has 92 valence electrons. The molecule has 1 nitrogen and oxygen atoms in total. The van der Waals surface area contributed by atoms with Crippen LogP contribution in [0, 0.1) is 11.8 Å². The summed E-state index contributed by atoms with van der Waals surface area (Å²) in [5.41, 5.74) is 0.265. The Balaban J connectivity index is 3.92. The average Bonchev–Trinajstić information content (AvgIpc) is 2.17. The van der Waals surface area contributed by atoms with Gasteiger partial charge in [0, 0.05) is 5.54 Å². The molecule has 0 fully saturated rings. The van der Waals surface area contributed by atoms with Crippen molar-refractivity contribution < 1.29 is 0 Å². The number of nitrogens with one attached hydrogen (secondary N) is 1. The third-order valence-corrected chi connectivity index (χ3v) is 3.32. The highest BCUT2D eigenvalue weighted by atomic mass is 14.9. The molecule has 1 atom stereocenters. The maximum Gasteiger partial charge on any atom is 0.00966 e. The largest absolute Gasteiger partial charge is 0.312 e. The lowest BCUT2D eigenvalue weighted by molar-refractivity contribution is 0.302. The van der Waals surface area contributed by atoms with Crippen molar-refractivity contribution in [1.29, 1.82) is 0 Å².